The number of hydrogen-bond donors (Lipinski definition) is 1. The summed E-state index contributed by atoms with van der Waals surface area (Å²) >= 11 is 0. The first kappa shape index (κ1) is 16.9. The van der Waals surface area contributed by atoms with Gasteiger partial charge in [-0.2, -0.15) is 0 Å². The van der Waals surface area contributed by atoms with Gasteiger partial charge in [-0.25, -0.2) is 18.4 Å². The first-order valence-corrected chi connectivity index (χ1v) is 8.47. The van der Waals surface area contributed by atoms with Crippen molar-refractivity contribution >= 4 is 22.1 Å². The Balaban J connectivity index is 2.00. The summed E-state index contributed by atoms with van der Waals surface area (Å²) in [6.07, 6.45) is 2.52. The van der Waals surface area contributed by atoms with E-state index < -0.39 is 22.1 Å². The molecule has 0 aliphatic rings. The molecular weight excluding hydrogens is 314 g/mol. The number of nitrogens with two attached hydrogens (primary N) is 1. The molecule has 120 valence electrons. The largest absolute Gasteiger partial charge is 0.455 e. The minimum atomic E-state index is -3.73. The van der Waals surface area contributed by atoms with E-state index in [0.29, 0.717) is 5.56 Å². The minimum Gasteiger partial charge on any atom is -0.455 e. The van der Waals surface area contributed by atoms with Gasteiger partial charge in [0.05, 0.1) is 4.90 Å². The van der Waals surface area contributed by atoms with Crippen molar-refractivity contribution in [1.29, 1.82) is 0 Å². The number of esters is 1. The smallest absolute Gasteiger partial charge is 0.331 e. The highest BCUT2D eigenvalue weighted by atomic mass is 32.2. The van der Waals surface area contributed by atoms with Crippen LogP contribution in [0.2, 0.25) is 0 Å². The van der Waals surface area contributed by atoms with Gasteiger partial charge in [-0.3, -0.25) is 0 Å². The third kappa shape index (κ3) is 5.05. The number of carbonyl (C=O) groups excluding carboxylic acids is 1. The summed E-state index contributed by atoms with van der Waals surface area (Å²) < 4.78 is 27.7. The van der Waals surface area contributed by atoms with E-state index in [1.54, 1.807) is 25.1 Å². The first-order chi connectivity index (χ1) is 10.9. The molecule has 2 rings (SSSR count). The summed E-state index contributed by atoms with van der Waals surface area (Å²) in [6, 6.07) is 15.3. The van der Waals surface area contributed by atoms with E-state index in [1.807, 2.05) is 30.3 Å². The average Bonchev–Trinajstić information content (AvgIpc) is 2.53. The summed E-state index contributed by atoms with van der Waals surface area (Å²) in [4.78, 5) is 11.8. The van der Waals surface area contributed by atoms with E-state index in [9.17, 15) is 13.2 Å². The van der Waals surface area contributed by atoms with Crippen molar-refractivity contribution in [1.82, 2.24) is 0 Å². The van der Waals surface area contributed by atoms with Crippen molar-refractivity contribution in [3.05, 3.63) is 71.8 Å². The van der Waals surface area contributed by atoms with Crippen LogP contribution in [-0.4, -0.2) is 14.4 Å². The second-order valence-corrected chi connectivity index (χ2v) is 6.50. The zero-order valence-electron chi connectivity index (χ0n) is 12.5. The Bertz CT molecular complexity index is 796. The average molecular weight is 331 g/mol. The normalized spacial score (nSPS) is 13.0. The van der Waals surface area contributed by atoms with Gasteiger partial charge in [-0.1, -0.05) is 42.5 Å². The van der Waals surface area contributed by atoms with Crippen LogP contribution >= 0.6 is 0 Å². The summed E-state index contributed by atoms with van der Waals surface area (Å²) in [7, 11) is -3.73. The molecule has 5 nitrogen and oxygen atoms in total. The monoisotopic (exact) mass is 331 g/mol. The molecule has 0 saturated carbocycles. The molecule has 2 N–H and O–H groups in total. The molecule has 0 fully saturated rings. The summed E-state index contributed by atoms with van der Waals surface area (Å²) in [5.41, 5.74) is 1.58. The van der Waals surface area contributed by atoms with Crippen LogP contribution in [0, 0.1) is 0 Å². The molecule has 0 spiro atoms. The van der Waals surface area contributed by atoms with Crippen molar-refractivity contribution in [2.75, 3.05) is 0 Å². The Kier molecular flexibility index (Phi) is 5.31. The first-order valence-electron chi connectivity index (χ1n) is 6.93. The van der Waals surface area contributed by atoms with Crippen LogP contribution in [0.15, 0.2) is 65.6 Å². The second kappa shape index (κ2) is 7.21. The van der Waals surface area contributed by atoms with Crippen molar-refractivity contribution in [3.63, 3.8) is 0 Å². The Morgan fingerprint density at radius 1 is 1.09 bits per heavy atom. The van der Waals surface area contributed by atoms with Crippen LogP contribution in [0.4, 0.5) is 0 Å². The zero-order chi connectivity index (χ0) is 16.9. The predicted octanol–water partition coefficient (Wildman–Crippen LogP) is 2.65. The number of primary sulfonamides is 1. The maximum absolute atomic E-state index is 11.8. The molecule has 0 aliphatic carbocycles. The molecule has 0 saturated heterocycles. The SMILES string of the molecule is CC(OC(=O)C=Cc1ccccc1)c1ccc(S(N)(=O)=O)cc1. The van der Waals surface area contributed by atoms with E-state index in [1.165, 1.54) is 18.2 Å². The molecule has 0 radical (unpaired) electrons. The van der Waals surface area contributed by atoms with Gasteiger partial charge in [-0.05, 0) is 36.3 Å². The maximum atomic E-state index is 11.8. The molecule has 0 aliphatic heterocycles. The Morgan fingerprint density at radius 2 is 1.70 bits per heavy atom. The highest BCUT2D eigenvalue weighted by molar-refractivity contribution is 7.89. The fourth-order valence-electron chi connectivity index (χ4n) is 1.94. The van der Waals surface area contributed by atoms with Crippen LogP contribution in [-0.2, 0) is 19.6 Å². The Labute approximate surface area is 135 Å². The zero-order valence-corrected chi connectivity index (χ0v) is 13.4. The van der Waals surface area contributed by atoms with Gasteiger partial charge < -0.3 is 4.74 Å². The molecule has 2 aromatic carbocycles. The quantitative estimate of drug-likeness (QED) is 0.674. The van der Waals surface area contributed by atoms with Gasteiger partial charge in [-0.15, -0.1) is 0 Å². The van der Waals surface area contributed by atoms with E-state index in [2.05, 4.69) is 0 Å². The number of carbonyl (C=O) groups is 1. The molecule has 6 heteroatoms. The lowest BCUT2D eigenvalue weighted by atomic mass is 10.1. The fraction of sp³-hybridized carbons (Fsp3) is 0.118. The van der Waals surface area contributed by atoms with Gasteiger partial charge in [0.2, 0.25) is 10.0 Å². The lowest BCUT2D eigenvalue weighted by molar-refractivity contribution is -0.142. The van der Waals surface area contributed by atoms with Crippen LogP contribution in [0.25, 0.3) is 6.08 Å². The van der Waals surface area contributed by atoms with Gasteiger partial charge in [0.1, 0.15) is 6.10 Å². The van der Waals surface area contributed by atoms with E-state index in [-0.39, 0.29) is 4.90 Å². The van der Waals surface area contributed by atoms with Crippen molar-refractivity contribution in [2.45, 2.75) is 17.9 Å². The number of sulfonamides is 1. The second-order valence-electron chi connectivity index (χ2n) is 4.94. The van der Waals surface area contributed by atoms with Gasteiger partial charge >= 0.3 is 5.97 Å². The molecule has 1 atom stereocenters. The van der Waals surface area contributed by atoms with E-state index >= 15 is 0 Å². The number of benzene rings is 2. The maximum Gasteiger partial charge on any atom is 0.331 e. The standard InChI is InChI=1S/C17H17NO4S/c1-13(15-8-10-16(11-9-15)23(18,20)21)22-17(19)12-7-14-5-3-2-4-6-14/h2-13H,1H3,(H2,18,20,21). The summed E-state index contributed by atoms with van der Waals surface area (Å²) in [5.74, 6) is -0.475. The highest BCUT2D eigenvalue weighted by Crippen LogP contribution is 2.19. The van der Waals surface area contributed by atoms with Crippen LogP contribution < -0.4 is 5.14 Å². The van der Waals surface area contributed by atoms with Gasteiger partial charge in [0.25, 0.3) is 0 Å². The number of ether oxygens (including phenoxy) is 1. The van der Waals surface area contributed by atoms with Crippen molar-refractivity contribution in [3.8, 4) is 0 Å². The van der Waals surface area contributed by atoms with Gasteiger partial charge in [0.15, 0.2) is 0 Å². The minimum absolute atomic E-state index is 0.0174. The molecule has 2 aromatic rings. The number of rotatable bonds is 5. The molecule has 23 heavy (non-hydrogen) atoms. The fourth-order valence-corrected chi connectivity index (χ4v) is 2.45. The highest BCUT2D eigenvalue weighted by Gasteiger charge is 2.12. The lowest BCUT2D eigenvalue weighted by Gasteiger charge is -2.12. The Morgan fingerprint density at radius 3 is 2.26 bits per heavy atom. The predicted molar refractivity (Wildman–Crippen MR) is 87.8 cm³/mol. The summed E-state index contributed by atoms with van der Waals surface area (Å²) in [5, 5.41) is 5.04. The molecule has 0 amide bonds. The molecule has 0 bridgehead atoms. The lowest BCUT2D eigenvalue weighted by Crippen LogP contribution is -2.12. The van der Waals surface area contributed by atoms with Crippen LogP contribution in [0.1, 0.15) is 24.2 Å². The van der Waals surface area contributed by atoms with Crippen molar-refractivity contribution < 1.29 is 17.9 Å². The summed E-state index contributed by atoms with van der Waals surface area (Å²) in [6.45, 7) is 1.71. The molecule has 0 heterocycles. The topological polar surface area (TPSA) is 86.5 Å². The van der Waals surface area contributed by atoms with Crippen LogP contribution in [0.5, 0.6) is 0 Å². The van der Waals surface area contributed by atoms with Crippen LogP contribution in [0.3, 0.4) is 0 Å². The Hall–Kier alpha value is -2.44. The van der Waals surface area contributed by atoms with Gasteiger partial charge in [0, 0.05) is 6.08 Å². The molecule has 0 aromatic heterocycles. The van der Waals surface area contributed by atoms with E-state index in [4.69, 9.17) is 9.88 Å². The number of hydrogen-bond acceptors (Lipinski definition) is 4. The molecular formula is C17H17NO4S. The van der Waals surface area contributed by atoms with Crippen molar-refractivity contribution in [2.24, 2.45) is 5.14 Å². The third-order valence-corrected chi connectivity index (χ3v) is 4.11. The van der Waals surface area contributed by atoms with E-state index in [0.717, 1.165) is 5.56 Å². The third-order valence-electron chi connectivity index (χ3n) is 3.18. The molecule has 1 unspecified atom stereocenters.